The second-order valence-corrected chi connectivity index (χ2v) is 7.79. The van der Waals surface area contributed by atoms with E-state index in [2.05, 4.69) is 15.4 Å². The molecule has 170 valence electrons. The maximum atomic E-state index is 13.4. The van der Waals surface area contributed by atoms with Gasteiger partial charge in [0.25, 0.3) is 5.91 Å². The fraction of sp³-hybridized carbons (Fsp3) is 0.240. The summed E-state index contributed by atoms with van der Waals surface area (Å²) in [6, 6.07) is 13.0. The van der Waals surface area contributed by atoms with Crippen LogP contribution in [0.25, 0.3) is 16.7 Å². The van der Waals surface area contributed by atoms with E-state index in [-0.39, 0.29) is 17.8 Å². The SMILES string of the molecule is COc1ccc([C@H](C)NC(=O)c2cc(C)nc3c2c(C)nn3-c2ccc(F)cc2)cc1OC. The largest absolute Gasteiger partial charge is 0.493 e. The molecule has 2 aromatic carbocycles. The number of hydrogen-bond donors (Lipinski definition) is 1. The quantitative estimate of drug-likeness (QED) is 0.463. The van der Waals surface area contributed by atoms with Gasteiger partial charge in [0.2, 0.25) is 0 Å². The average Bonchev–Trinajstić information content (AvgIpc) is 3.14. The van der Waals surface area contributed by atoms with Crippen molar-refractivity contribution in [3.8, 4) is 17.2 Å². The molecule has 1 amide bonds. The molecule has 1 N–H and O–H groups in total. The highest BCUT2D eigenvalue weighted by Gasteiger charge is 2.21. The third-order valence-corrected chi connectivity index (χ3v) is 5.51. The molecule has 0 aliphatic rings. The fourth-order valence-corrected chi connectivity index (χ4v) is 3.84. The Bertz CT molecular complexity index is 1330. The van der Waals surface area contributed by atoms with Gasteiger partial charge in [-0.2, -0.15) is 5.10 Å². The number of benzene rings is 2. The van der Waals surface area contributed by atoms with E-state index in [0.29, 0.717) is 45.2 Å². The molecule has 4 rings (SSSR count). The molecule has 0 spiro atoms. The van der Waals surface area contributed by atoms with Gasteiger partial charge < -0.3 is 14.8 Å². The summed E-state index contributed by atoms with van der Waals surface area (Å²) >= 11 is 0. The van der Waals surface area contributed by atoms with Gasteiger partial charge in [0.15, 0.2) is 17.1 Å². The predicted molar refractivity (Wildman–Crippen MR) is 124 cm³/mol. The van der Waals surface area contributed by atoms with Gasteiger partial charge in [0.1, 0.15) is 5.82 Å². The van der Waals surface area contributed by atoms with Crippen molar-refractivity contribution in [1.29, 1.82) is 0 Å². The number of nitrogens with one attached hydrogen (secondary N) is 1. The number of carbonyl (C=O) groups is 1. The minimum atomic E-state index is -0.333. The van der Waals surface area contributed by atoms with E-state index in [0.717, 1.165) is 5.56 Å². The summed E-state index contributed by atoms with van der Waals surface area (Å²) in [5.41, 5.74) is 3.90. The molecule has 8 heteroatoms. The highest BCUT2D eigenvalue weighted by molar-refractivity contribution is 6.07. The van der Waals surface area contributed by atoms with Crippen molar-refractivity contribution in [3.05, 3.63) is 76.9 Å². The van der Waals surface area contributed by atoms with Gasteiger partial charge >= 0.3 is 0 Å². The summed E-state index contributed by atoms with van der Waals surface area (Å²) in [5.74, 6) is 0.638. The molecular formula is C25H25FN4O3. The predicted octanol–water partition coefficient (Wildman–Crippen LogP) is 4.68. The molecule has 0 bridgehead atoms. The topological polar surface area (TPSA) is 78.3 Å². The molecule has 0 saturated heterocycles. The maximum absolute atomic E-state index is 13.4. The van der Waals surface area contributed by atoms with Crippen molar-refractivity contribution in [2.45, 2.75) is 26.8 Å². The van der Waals surface area contributed by atoms with Crippen LogP contribution in [0.4, 0.5) is 4.39 Å². The van der Waals surface area contributed by atoms with Gasteiger partial charge in [-0.25, -0.2) is 14.1 Å². The van der Waals surface area contributed by atoms with Crippen LogP contribution in [-0.2, 0) is 0 Å². The van der Waals surface area contributed by atoms with Gasteiger partial charge in [-0.05, 0) is 68.8 Å². The number of aryl methyl sites for hydroxylation is 2. The number of hydrogen-bond acceptors (Lipinski definition) is 5. The van der Waals surface area contributed by atoms with Crippen LogP contribution < -0.4 is 14.8 Å². The first kappa shape index (κ1) is 22.3. The van der Waals surface area contributed by atoms with Crippen LogP contribution in [0.5, 0.6) is 11.5 Å². The lowest BCUT2D eigenvalue weighted by atomic mass is 10.1. The van der Waals surface area contributed by atoms with Gasteiger partial charge in [-0.15, -0.1) is 0 Å². The third-order valence-electron chi connectivity index (χ3n) is 5.51. The van der Waals surface area contributed by atoms with Gasteiger partial charge in [-0.1, -0.05) is 6.07 Å². The van der Waals surface area contributed by atoms with Crippen molar-refractivity contribution in [2.24, 2.45) is 0 Å². The molecule has 7 nitrogen and oxygen atoms in total. The number of amides is 1. The van der Waals surface area contributed by atoms with Crippen LogP contribution >= 0.6 is 0 Å². The minimum absolute atomic E-state index is 0.241. The number of halogens is 1. The average molecular weight is 448 g/mol. The number of ether oxygens (including phenoxy) is 2. The highest BCUT2D eigenvalue weighted by atomic mass is 19.1. The third kappa shape index (κ3) is 4.24. The number of carbonyl (C=O) groups excluding carboxylic acids is 1. The van der Waals surface area contributed by atoms with Gasteiger partial charge in [-0.3, -0.25) is 4.79 Å². The Morgan fingerprint density at radius 1 is 1.03 bits per heavy atom. The first-order valence-corrected chi connectivity index (χ1v) is 10.5. The minimum Gasteiger partial charge on any atom is -0.493 e. The highest BCUT2D eigenvalue weighted by Crippen LogP contribution is 2.30. The van der Waals surface area contributed by atoms with E-state index in [1.54, 1.807) is 37.1 Å². The van der Waals surface area contributed by atoms with Crippen molar-refractivity contribution in [1.82, 2.24) is 20.1 Å². The first-order chi connectivity index (χ1) is 15.8. The Balaban J connectivity index is 1.71. The maximum Gasteiger partial charge on any atom is 0.252 e. The Morgan fingerprint density at radius 3 is 2.39 bits per heavy atom. The second kappa shape index (κ2) is 8.90. The molecular weight excluding hydrogens is 423 g/mol. The summed E-state index contributed by atoms with van der Waals surface area (Å²) in [6.07, 6.45) is 0. The van der Waals surface area contributed by atoms with Crippen LogP contribution in [0.15, 0.2) is 48.5 Å². The monoisotopic (exact) mass is 448 g/mol. The molecule has 0 aliphatic carbocycles. The van der Waals surface area contributed by atoms with Crippen LogP contribution in [0, 0.1) is 19.7 Å². The van der Waals surface area contributed by atoms with Crippen LogP contribution in [-0.4, -0.2) is 34.9 Å². The van der Waals surface area contributed by atoms with Gasteiger partial charge in [0, 0.05) is 5.69 Å². The smallest absolute Gasteiger partial charge is 0.252 e. The van der Waals surface area contributed by atoms with Crippen molar-refractivity contribution >= 4 is 16.9 Å². The molecule has 4 aromatic rings. The van der Waals surface area contributed by atoms with E-state index in [4.69, 9.17) is 9.47 Å². The Labute approximate surface area is 191 Å². The lowest BCUT2D eigenvalue weighted by Gasteiger charge is -2.17. The molecule has 0 aliphatic heterocycles. The van der Waals surface area contributed by atoms with Crippen LogP contribution in [0.3, 0.4) is 0 Å². The first-order valence-electron chi connectivity index (χ1n) is 10.5. The zero-order valence-corrected chi connectivity index (χ0v) is 19.1. The molecule has 2 heterocycles. The molecule has 0 saturated carbocycles. The molecule has 0 radical (unpaired) electrons. The second-order valence-electron chi connectivity index (χ2n) is 7.79. The molecule has 0 unspecified atom stereocenters. The van der Waals surface area contributed by atoms with Crippen molar-refractivity contribution in [2.75, 3.05) is 14.2 Å². The van der Waals surface area contributed by atoms with E-state index >= 15 is 0 Å². The zero-order chi connectivity index (χ0) is 23.7. The lowest BCUT2D eigenvalue weighted by Crippen LogP contribution is -2.27. The lowest BCUT2D eigenvalue weighted by molar-refractivity contribution is 0.0941. The standard InChI is InChI=1S/C25H25FN4O3/c1-14-12-20(25(31)28-15(2)17-6-11-21(32-4)22(13-17)33-5)23-16(3)29-30(24(23)27-14)19-9-7-18(26)8-10-19/h6-13,15H,1-5H3,(H,28,31)/t15-/m0/s1. The molecule has 33 heavy (non-hydrogen) atoms. The number of rotatable bonds is 6. The van der Waals surface area contributed by atoms with E-state index in [1.807, 2.05) is 39.0 Å². The Morgan fingerprint density at radius 2 is 1.73 bits per heavy atom. The number of methoxy groups -OCH3 is 2. The zero-order valence-electron chi connectivity index (χ0n) is 19.1. The summed E-state index contributed by atoms with van der Waals surface area (Å²) in [5, 5.41) is 8.28. The summed E-state index contributed by atoms with van der Waals surface area (Å²) < 4.78 is 25.7. The Kier molecular flexibility index (Phi) is 6.00. The van der Waals surface area contributed by atoms with E-state index in [1.165, 1.54) is 12.1 Å². The van der Waals surface area contributed by atoms with E-state index < -0.39 is 0 Å². The van der Waals surface area contributed by atoms with E-state index in [9.17, 15) is 9.18 Å². The molecule has 0 fully saturated rings. The summed E-state index contributed by atoms with van der Waals surface area (Å²) in [6.45, 7) is 5.55. The Hall–Kier alpha value is -3.94. The van der Waals surface area contributed by atoms with Crippen molar-refractivity contribution < 1.29 is 18.7 Å². The molecule has 2 aromatic heterocycles. The summed E-state index contributed by atoms with van der Waals surface area (Å²) in [7, 11) is 3.15. The van der Waals surface area contributed by atoms with Crippen LogP contribution in [0.2, 0.25) is 0 Å². The van der Waals surface area contributed by atoms with Crippen LogP contribution in [0.1, 0.15) is 40.3 Å². The normalized spacial score (nSPS) is 11.9. The number of fused-ring (bicyclic) bond motifs is 1. The fourth-order valence-electron chi connectivity index (χ4n) is 3.84. The molecule has 1 atom stereocenters. The van der Waals surface area contributed by atoms with Gasteiger partial charge in [0.05, 0.1) is 42.6 Å². The number of aromatic nitrogens is 3. The number of nitrogens with zero attached hydrogens (tertiary/aromatic N) is 3. The number of pyridine rings is 1. The van der Waals surface area contributed by atoms with Crippen molar-refractivity contribution in [3.63, 3.8) is 0 Å². The summed E-state index contributed by atoms with van der Waals surface area (Å²) in [4.78, 5) is 17.9.